The molecule has 1 aromatic rings. The van der Waals surface area contributed by atoms with Crippen LogP contribution in [-0.2, 0) is 0 Å². The number of nitrogen functional groups attached to an aromatic ring is 1. The molecule has 0 bridgehead atoms. The molecule has 0 atom stereocenters. The van der Waals surface area contributed by atoms with Gasteiger partial charge in [-0.15, -0.1) is 0 Å². The minimum Gasteiger partial charge on any atom is -0.478 e. The molecule has 16 heavy (non-hydrogen) atoms. The Bertz CT molecular complexity index is 389. The summed E-state index contributed by atoms with van der Waals surface area (Å²) in [7, 11) is 1.86. The summed E-state index contributed by atoms with van der Waals surface area (Å²) in [6, 6.07) is 4.95. The number of nitrogens with two attached hydrogens (primary N) is 1. The first-order valence-corrected chi connectivity index (χ1v) is 5.26. The lowest BCUT2D eigenvalue weighted by Crippen LogP contribution is -2.25. The summed E-state index contributed by atoms with van der Waals surface area (Å²) in [6.45, 7) is 4.93. The molecule has 0 aliphatic carbocycles. The molecule has 0 aliphatic heterocycles. The molecule has 0 aromatic heterocycles. The normalized spacial score (nSPS) is 10.5. The van der Waals surface area contributed by atoms with Crippen LogP contribution >= 0.6 is 0 Å². The smallest absolute Gasteiger partial charge is 0.337 e. The van der Waals surface area contributed by atoms with Crippen molar-refractivity contribution in [3.63, 3.8) is 0 Å². The van der Waals surface area contributed by atoms with Crippen molar-refractivity contribution in [1.29, 1.82) is 0 Å². The van der Waals surface area contributed by atoms with E-state index < -0.39 is 5.97 Å². The van der Waals surface area contributed by atoms with Crippen LogP contribution in [0.4, 0.5) is 11.4 Å². The predicted molar refractivity (Wildman–Crippen MR) is 65.9 cm³/mol. The first kappa shape index (κ1) is 12.4. The lowest BCUT2D eigenvalue weighted by molar-refractivity contribution is 0.0697. The number of para-hydroxylation sites is 1. The van der Waals surface area contributed by atoms with Gasteiger partial charge in [-0.1, -0.05) is 19.9 Å². The van der Waals surface area contributed by atoms with Crippen LogP contribution in [0.15, 0.2) is 18.2 Å². The van der Waals surface area contributed by atoms with Crippen LogP contribution in [0.1, 0.15) is 24.2 Å². The third-order valence-electron chi connectivity index (χ3n) is 2.32. The molecule has 0 heterocycles. The monoisotopic (exact) mass is 222 g/mol. The van der Waals surface area contributed by atoms with E-state index in [2.05, 4.69) is 13.8 Å². The van der Waals surface area contributed by atoms with Gasteiger partial charge in [0.25, 0.3) is 0 Å². The standard InChI is InChI=1S/C12H18N2O2/c1-8(2)7-14(3)11-9(12(15)16)5-4-6-10(11)13/h4-6,8H,7,13H2,1-3H3,(H,15,16). The minimum atomic E-state index is -0.946. The summed E-state index contributed by atoms with van der Waals surface area (Å²) < 4.78 is 0. The number of aromatic carboxylic acids is 1. The van der Waals surface area contributed by atoms with E-state index in [0.29, 0.717) is 17.3 Å². The highest BCUT2D eigenvalue weighted by Crippen LogP contribution is 2.27. The first-order chi connectivity index (χ1) is 7.43. The second-order valence-electron chi connectivity index (χ2n) is 4.32. The van der Waals surface area contributed by atoms with E-state index in [-0.39, 0.29) is 5.56 Å². The van der Waals surface area contributed by atoms with Gasteiger partial charge in [-0.25, -0.2) is 4.79 Å². The highest BCUT2D eigenvalue weighted by molar-refractivity contribution is 5.97. The van der Waals surface area contributed by atoms with Crippen molar-refractivity contribution >= 4 is 17.3 Å². The zero-order valence-corrected chi connectivity index (χ0v) is 9.90. The summed E-state index contributed by atoms with van der Waals surface area (Å²) >= 11 is 0. The number of carbonyl (C=O) groups is 1. The molecule has 88 valence electrons. The number of hydrogen-bond donors (Lipinski definition) is 2. The van der Waals surface area contributed by atoms with E-state index in [9.17, 15) is 4.79 Å². The number of hydrogen-bond acceptors (Lipinski definition) is 3. The molecular weight excluding hydrogens is 204 g/mol. The van der Waals surface area contributed by atoms with Crippen LogP contribution in [0.5, 0.6) is 0 Å². The van der Waals surface area contributed by atoms with E-state index in [1.165, 1.54) is 0 Å². The Morgan fingerprint density at radius 2 is 2.12 bits per heavy atom. The van der Waals surface area contributed by atoms with Crippen molar-refractivity contribution in [2.24, 2.45) is 5.92 Å². The lowest BCUT2D eigenvalue weighted by Gasteiger charge is -2.24. The van der Waals surface area contributed by atoms with E-state index in [1.54, 1.807) is 18.2 Å². The predicted octanol–water partition coefficient (Wildman–Crippen LogP) is 2.06. The second-order valence-corrected chi connectivity index (χ2v) is 4.32. The highest BCUT2D eigenvalue weighted by Gasteiger charge is 2.16. The SMILES string of the molecule is CC(C)CN(C)c1c(N)cccc1C(=O)O. The lowest BCUT2D eigenvalue weighted by atomic mass is 10.1. The number of carboxylic acids is 1. The topological polar surface area (TPSA) is 66.6 Å². The van der Waals surface area contributed by atoms with Crippen molar-refractivity contribution in [3.8, 4) is 0 Å². The molecular formula is C12H18N2O2. The Morgan fingerprint density at radius 3 is 2.62 bits per heavy atom. The van der Waals surface area contributed by atoms with Gasteiger partial charge in [-0.05, 0) is 18.1 Å². The fourth-order valence-corrected chi connectivity index (χ4v) is 1.80. The van der Waals surface area contributed by atoms with Gasteiger partial charge in [0.1, 0.15) is 0 Å². The summed E-state index contributed by atoms with van der Waals surface area (Å²) in [4.78, 5) is 13.0. The maximum absolute atomic E-state index is 11.1. The maximum Gasteiger partial charge on any atom is 0.337 e. The largest absolute Gasteiger partial charge is 0.478 e. The molecule has 0 aliphatic rings. The molecule has 4 nitrogen and oxygen atoms in total. The Balaban J connectivity index is 3.14. The van der Waals surface area contributed by atoms with Crippen molar-refractivity contribution in [2.45, 2.75) is 13.8 Å². The van der Waals surface area contributed by atoms with Gasteiger partial charge in [0.15, 0.2) is 0 Å². The molecule has 0 unspecified atom stereocenters. The molecule has 0 saturated carbocycles. The van der Waals surface area contributed by atoms with Gasteiger partial charge in [0.2, 0.25) is 0 Å². The van der Waals surface area contributed by atoms with E-state index in [0.717, 1.165) is 6.54 Å². The van der Waals surface area contributed by atoms with Crippen LogP contribution in [0.3, 0.4) is 0 Å². The molecule has 1 rings (SSSR count). The Labute approximate surface area is 95.7 Å². The number of anilines is 2. The quantitative estimate of drug-likeness (QED) is 0.765. The van der Waals surface area contributed by atoms with E-state index in [1.807, 2.05) is 11.9 Å². The molecule has 1 aromatic carbocycles. The van der Waals surface area contributed by atoms with E-state index in [4.69, 9.17) is 10.8 Å². The molecule has 3 N–H and O–H groups in total. The second kappa shape index (κ2) is 4.88. The average molecular weight is 222 g/mol. The van der Waals surface area contributed by atoms with Crippen molar-refractivity contribution in [1.82, 2.24) is 0 Å². The molecule has 0 fully saturated rings. The number of benzene rings is 1. The Hall–Kier alpha value is -1.71. The van der Waals surface area contributed by atoms with Crippen LogP contribution in [0, 0.1) is 5.92 Å². The van der Waals surface area contributed by atoms with Crippen LogP contribution in [0.25, 0.3) is 0 Å². The third kappa shape index (κ3) is 2.66. The van der Waals surface area contributed by atoms with Gasteiger partial charge in [-0.3, -0.25) is 0 Å². The average Bonchev–Trinajstić information content (AvgIpc) is 2.15. The molecule has 0 saturated heterocycles. The van der Waals surface area contributed by atoms with Crippen molar-refractivity contribution < 1.29 is 9.90 Å². The molecule has 4 heteroatoms. The third-order valence-corrected chi connectivity index (χ3v) is 2.32. The number of carboxylic acid groups (broad SMARTS) is 1. The summed E-state index contributed by atoms with van der Waals surface area (Å²) in [5, 5.41) is 9.09. The highest BCUT2D eigenvalue weighted by atomic mass is 16.4. The van der Waals surface area contributed by atoms with Crippen LogP contribution in [0.2, 0.25) is 0 Å². The molecule has 0 spiro atoms. The number of rotatable bonds is 4. The summed E-state index contributed by atoms with van der Waals surface area (Å²) in [6.07, 6.45) is 0. The zero-order chi connectivity index (χ0) is 12.3. The van der Waals surface area contributed by atoms with Gasteiger partial charge in [0.05, 0.1) is 16.9 Å². The van der Waals surface area contributed by atoms with Crippen LogP contribution in [-0.4, -0.2) is 24.7 Å². The van der Waals surface area contributed by atoms with Crippen LogP contribution < -0.4 is 10.6 Å². The van der Waals surface area contributed by atoms with Gasteiger partial charge in [0, 0.05) is 13.6 Å². The number of nitrogens with zero attached hydrogens (tertiary/aromatic N) is 1. The minimum absolute atomic E-state index is 0.253. The molecule has 0 radical (unpaired) electrons. The fourth-order valence-electron chi connectivity index (χ4n) is 1.80. The zero-order valence-electron chi connectivity index (χ0n) is 9.90. The van der Waals surface area contributed by atoms with Gasteiger partial charge < -0.3 is 15.7 Å². The van der Waals surface area contributed by atoms with Crippen molar-refractivity contribution in [3.05, 3.63) is 23.8 Å². The Kier molecular flexibility index (Phi) is 3.77. The fraction of sp³-hybridized carbons (Fsp3) is 0.417. The summed E-state index contributed by atoms with van der Waals surface area (Å²) in [5.74, 6) is -0.496. The van der Waals surface area contributed by atoms with Gasteiger partial charge in [-0.2, -0.15) is 0 Å². The summed E-state index contributed by atoms with van der Waals surface area (Å²) in [5.41, 5.74) is 7.19. The molecule has 0 amide bonds. The Morgan fingerprint density at radius 1 is 1.50 bits per heavy atom. The first-order valence-electron chi connectivity index (χ1n) is 5.26. The van der Waals surface area contributed by atoms with E-state index >= 15 is 0 Å². The maximum atomic E-state index is 11.1. The van der Waals surface area contributed by atoms with Gasteiger partial charge >= 0.3 is 5.97 Å². The van der Waals surface area contributed by atoms with Crippen molar-refractivity contribution in [2.75, 3.05) is 24.2 Å².